The van der Waals surface area contributed by atoms with Crippen molar-refractivity contribution in [3.63, 3.8) is 0 Å². The molecule has 1 unspecified atom stereocenters. The molecule has 5 heteroatoms. The fourth-order valence-electron chi connectivity index (χ4n) is 5.92. The first-order valence-corrected chi connectivity index (χ1v) is 14.5. The van der Waals surface area contributed by atoms with E-state index >= 15 is 0 Å². The van der Waals surface area contributed by atoms with Crippen LogP contribution in [0.2, 0.25) is 0 Å². The molecule has 2 aliphatic rings. The van der Waals surface area contributed by atoms with Gasteiger partial charge in [0.05, 0.1) is 13.7 Å². The fraction of sp³-hybridized carbons (Fsp3) is 0.516. The van der Waals surface area contributed by atoms with Crippen molar-refractivity contribution >= 4 is 27.2 Å². The van der Waals surface area contributed by atoms with Crippen molar-refractivity contribution in [1.82, 2.24) is 4.90 Å². The van der Waals surface area contributed by atoms with E-state index in [1.807, 2.05) is 30.3 Å². The summed E-state index contributed by atoms with van der Waals surface area (Å²) in [5.74, 6) is 3.09. The number of nitrogens with zero attached hydrogens (tertiary/aromatic N) is 1. The monoisotopic (exact) mass is 505 g/mol. The van der Waals surface area contributed by atoms with E-state index in [2.05, 4.69) is 24.0 Å². The lowest BCUT2D eigenvalue weighted by atomic mass is 9.85. The van der Waals surface area contributed by atoms with E-state index < -0.39 is 0 Å². The number of thiophene rings is 1. The minimum Gasteiger partial charge on any atom is -0.497 e. The van der Waals surface area contributed by atoms with E-state index in [-0.39, 0.29) is 5.78 Å². The van der Waals surface area contributed by atoms with Gasteiger partial charge in [0.2, 0.25) is 0 Å². The minimum atomic E-state index is 0.123. The zero-order valence-electron chi connectivity index (χ0n) is 21.8. The summed E-state index contributed by atoms with van der Waals surface area (Å²) in [4.78, 5) is 17.7. The Balaban J connectivity index is 1.28. The van der Waals surface area contributed by atoms with Gasteiger partial charge in [-0.05, 0) is 92.9 Å². The van der Waals surface area contributed by atoms with Crippen LogP contribution in [0.3, 0.4) is 0 Å². The molecule has 2 aromatic carbocycles. The summed E-state index contributed by atoms with van der Waals surface area (Å²) >= 11 is 1.78. The standard InChI is InChI=1S/C31H39NO3S/c1-22-8-6-17-32(21-22)18-7-19-35-25-13-11-23(12-14-25)30(33)29-27-16-15-26(34-2)20-28(27)36-31(29)24-9-4-3-5-10-24/h11-16,20,22,24H,3-10,17-19,21H2,1-2H3. The molecule has 1 aliphatic heterocycles. The maximum Gasteiger partial charge on any atom is 0.194 e. The molecular weight excluding hydrogens is 466 g/mol. The number of methoxy groups -OCH3 is 1. The molecule has 0 N–H and O–H groups in total. The van der Waals surface area contributed by atoms with Crippen LogP contribution in [-0.4, -0.2) is 44.0 Å². The Morgan fingerprint density at radius 1 is 1.00 bits per heavy atom. The lowest BCUT2D eigenvalue weighted by Gasteiger charge is -2.30. The Kier molecular flexibility index (Phi) is 8.28. The number of carbonyl (C=O) groups is 1. The number of hydrogen-bond donors (Lipinski definition) is 0. The lowest BCUT2D eigenvalue weighted by Crippen LogP contribution is -2.35. The van der Waals surface area contributed by atoms with Gasteiger partial charge in [0.1, 0.15) is 11.5 Å². The Morgan fingerprint density at radius 3 is 2.53 bits per heavy atom. The first kappa shape index (κ1) is 25.3. The highest BCUT2D eigenvalue weighted by molar-refractivity contribution is 7.19. The van der Waals surface area contributed by atoms with Crippen LogP contribution < -0.4 is 9.47 Å². The Bertz CT molecular complexity index is 1160. The van der Waals surface area contributed by atoms with E-state index in [9.17, 15) is 4.79 Å². The van der Waals surface area contributed by atoms with Gasteiger partial charge >= 0.3 is 0 Å². The van der Waals surface area contributed by atoms with Crippen LogP contribution >= 0.6 is 11.3 Å². The van der Waals surface area contributed by atoms with E-state index in [4.69, 9.17) is 9.47 Å². The molecule has 192 valence electrons. The number of benzene rings is 2. The molecule has 0 amide bonds. The van der Waals surface area contributed by atoms with Gasteiger partial charge in [-0.3, -0.25) is 4.79 Å². The molecule has 1 atom stereocenters. The number of fused-ring (bicyclic) bond motifs is 1. The van der Waals surface area contributed by atoms with Crippen LogP contribution in [0.5, 0.6) is 11.5 Å². The third kappa shape index (κ3) is 5.78. The first-order valence-electron chi connectivity index (χ1n) is 13.7. The average Bonchev–Trinajstić information content (AvgIpc) is 3.30. The summed E-state index contributed by atoms with van der Waals surface area (Å²) in [7, 11) is 1.70. The third-order valence-corrected chi connectivity index (χ3v) is 9.19. The lowest BCUT2D eigenvalue weighted by molar-refractivity contribution is 0.103. The summed E-state index contributed by atoms with van der Waals surface area (Å²) in [5, 5.41) is 1.05. The van der Waals surface area contributed by atoms with Gasteiger partial charge in [0.15, 0.2) is 5.78 Å². The van der Waals surface area contributed by atoms with Crippen molar-refractivity contribution in [2.45, 2.75) is 64.2 Å². The molecule has 36 heavy (non-hydrogen) atoms. The van der Waals surface area contributed by atoms with Crippen LogP contribution in [0.1, 0.15) is 85.0 Å². The van der Waals surface area contributed by atoms with Crippen molar-refractivity contribution < 1.29 is 14.3 Å². The van der Waals surface area contributed by atoms with Crippen molar-refractivity contribution in [1.29, 1.82) is 0 Å². The maximum atomic E-state index is 13.8. The number of ketones is 1. The van der Waals surface area contributed by atoms with E-state index in [1.54, 1.807) is 18.4 Å². The second kappa shape index (κ2) is 11.8. The van der Waals surface area contributed by atoms with E-state index in [0.717, 1.165) is 51.6 Å². The van der Waals surface area contributed by atoms with E-state index in [0.29, 0.717) is 12.5 Å². The largest absolute Gasteiger partial charge is 0.497 e. The van der Waals surface area contributed by atoms with Crippen LogP contribution in [0, 0.1) is 5.92 Å². The van der Waals surface area contributed by atoms with Crippen LogP contribution in [-0.2, 0) is 0 Å². The molecule has 0 radical (unpaired) electrons. The predicted molar refractivity (Wildman–Crippen MR) is 149 cm³/mol. The van der Waals surface area contributed by atoms with Crippen LogP contribution in [0.4, 0.5) is 0 Å². The van der Waals surface area contributed by atoms with Crippen molar-refractivity contribution in [2.24, 2.45) is 5.92 Å². The summed E-state index contributed by atoms with van der Waals surface area (Å²) in [5.41, 5.74) is 1.63. The fourth-order valence-corrected chi connectivity index (χ4v) is 7.32. The molecule has 1 aliphatic carbocycles. The van der Waals surface area contributed by atoms with Gasteiger partial charge < -0.3 is 14.4 Å². The smallest absolute Gasteiger partial charge is 0.194 e. The number of ether oxygens (including phenoxy) is 2. The zero-order chi connectivity index (χ0) is 24.9. The van der Waals surface area contributed by atoms with Crippen LogP contribution in [0.25, 0.3) is 10.1 Å². The van der Waals surface area contributed by atoms with Crippen LogP contribution in [0.15, 0.2) is 42.5 Å². The summed E-state index contributed by atoms with van der Waals surface area (Å²) < 4.78 is 12.6. The third-order valence-electron chi connectivity index (χ3n) is 7.87. The minimum absolute atomic E-state index is 0.123. The second-order valence-electron chi connectivity index (χ2n) is 10.6. The molecule has 5 rings (SSSR count). The zero-order valence-corrected chi connectivity index (χ0v) is 22.6. The Hall–Kier alpha value is -2.37. The highest BCUT2D eigenvalue weighted by Crippen LogP contribution is 2.44. The van der Waals surface area contributed by atoms with E-state index in [1.165, 1.54) is 62.9 Å². The summed E-state index contributed by atoms with van der Waals surface area (Å²) in [6.07, 6.45) is 9.85. The highest BCUT2D eigenvalue weighted by atomic mass is 32.1. The Labute approximate surface area is 219 Å². The van der Waals surface area contributed by atoms with Gasteiger partial charge in [-0.2, -0.15) is 0 Å². The quantitative estimate of drug-likeness (QED) is 0.221. The number of piperidine rings is 1. The number of rotatable bonds is 9. The first-order chi connectivity index (χ1) is 17.6. The molecule has 4 nitrogen and oxygen atoms in total. The summed E-state index contributed by atoms with van der Waals surface area (Å²) in [6, 6.07) is 13.9. The van der Waals surface area contributed by atoms with Gasteiger partial charge in [0, 0.05) is 39.2 Å². The molecule has 2 fully saturated rings. The molecule has 0 spiro atoms. The summed E-state index contributed by atoms with van der Waals surface area (Å²) in [6.45, 7) is 6.58. The molecule has 1 saturated heterocycles. The normalized spacial score (nSPS) is 19.4. The van der Waals surface area contributed by atoms with Crippen molar-refractivity contribution in [2.75, 3.05) is 33.4 Å². The Morgan fingerprint density at radius 2 is 1.78 bits per heavy atom. The molecule has 1 saturated carbocycles. The predicted octanol–water partition coefficient (Wildman–Crippen LogP) is 7.69. The highest BCUT2D eigenvalue weighted by Gasteiger charge is 2.27. The molecular formula is C31H39NO3S. The topological polar surface area (TPSA) is 38.8 Å². The molecule has 2 heterocycles. The number of hydrogen-bond acceptors (Lipinski definition) is 5. The number of carbonyl (C=O) groups excluding carboxylic acids is 1. The van der Waals surface area contributed by atoms with Gasteiger partial charge in [-0.25, -0.2) is 0 Å². The average molecular weight is 506 g/mol. The maximum absolute atomic E-state index is 13.8. The molecule has 3 aromatic rings. The molecule has 1 aromatic heterocycles. The van der Waals surface area contributed by atoms with Gasteiger partial charge in [0.25, 0.3) is 0 Å². The SMILES string of the molecule is COc1ccc2c(C(=O)c3ccc(OCCCN4CCCC(C)C4)cc3)c(C3CCCCC3)sc2c1. The van der Waals surface area contributed by atoms with Gasteiger partial charge in [-0.15, -0.1) is 11.3 Å². The number of likely N-dealkylation sites (tertiary alicyclic amines) is 1. The van der Waals surface area contributed by atoms with Gasteiger partial charge in [-0.1, -0.05) is 26.2 Å². The van der Waals surface area contributed by atoms with Crippen molar-refractivity contribution in [3.05, 3.63) is 58.5 Å². The van der Waals surface area contributed by atoms with Crippen molar-refractivity contribution in [3.8, 4) is 11.5 Å². The second-order valence-corrected chi connectivity index (χ2v) is 11.7. The molecule has 0 bridgehead atoms.